The highest BCUT2D eigenvalue weighted by molar-refractivity contribution is 5.93. The van der Waals surface area contributed by atoms with E-state index in [2.05, 4.69) is 10.3 Å². The summed E-state index contributed by atoms with van der Waals surface area (Å²) in [4.78, 5) is 29.5. The Hall–Kier alpha value is -2.61. The second kappa shape index (κ2) is 6.25. The van der Waals surface area contributed by atoms with E-state index in [9.17, 15) is 9.59 Å². The largest absolute Gasteiger partial charge is 0.492 e. The van der Waals surface area contributed by atoms with Gasteiger partial charge in [0.2, 0.25) is 0 Å². The molecule has 1 spiro atoms. The van der Waals surface area contributed by atoms with Gasteiger partial charge >= 0.3 is 17.8 Å². The van der Waals surface area contributed by atoms with Crippen molar-refractivity contribution in [3.8, 4) is 5.75 Å². The van der Waals surface area contributed by atoms with E-state index in [1.807, 2.05) is 6.92 Å². The van der Waals surface area contributed by atoms with Crippen LogP contribution < -0.4 is 15.0 Å². The van der Waals surface area contributed by atoms with E-state index in [0.29, 0.717) is 31.1 Å². The van der Waals surface area contributed by atoms with Crippen molar-refractivity contribution in [3.63, 3.8) is 0 Å². The van der Waals surface area contributed by atoms with Crippen LogP contribution in [0.15, 0.2) is 30.6 Å². The van der Waals surface area contributed by atoms with Crippen molar-refractivity contribution in [2.45, 2.75) is 12.8 Å². The van der Waals surface area contributed by atoms with Gasteiger partial charge in [0.1, 0.15) is 5.75 Å². The summed E-state index contributed by atoms with van der Waals surface area (Å²) >= 11 is 0. The maximum atomic E-state index is 11.8. The minimum absolute atomic E-state index is 0.158. The molecule has 0 unspecified atom stereocenters. The number of carbonyl (C=O) groups is 2. The van der Waals surface area contributed by atoms with Gasteiger partial charge in [0.05, 0.1) is 31.2 Å². The van der Waals surface area contributed by atoms with Crippen LogP contribution in [-0.2, 0) is 19.1 Å². The second-order valence-corrected chi connectivity index (χ2v) is 5.03. The summed E-state index contributed by atoms with van der Waals surface area (Å²) in [7, 11) is 0. The van der Waals surface area contributed by atoms with Gasteiger partial charge < -0.3 is 19.5 Å². The summed E-state index contributed by atoms with van der Waals surface area (Å²) in [6, 6.07) is 1.77. The highest BCUT2D eigenvalue weighted by Gasteiger charge is 2.48. The standard InChI is InChI=1S/C15H17N3O5/c1-2-21-12-7-11(8-17-9-12)18-6-5-16-10-15(18)22-13(19)3-4-14(20)23-15/h3-4,7-9,16H,2,5-6,10H2,1H3. The van der Waals surface area contributed by atoms with Crippen LogP contribution in [0.1, 0.15) is 6.92 Å². The molecule has 0 radical (unpaired) electrons. The van der Waals surface area contributed by atoms with Crippen molar-refractivity contribution in [1.82, 2.24) is 10.3 Å². The summed E-state index contributed by atoms with van der Waals surface area (Å²) < 4.78 is 16.3. The lowest BCUT2D eigenvalue weighted by molar-refractivity contribution is -0.221. The number of rotatable bonds is 3. The van der Waals surface area contributed by atoms with E-state index in [1.54, 1.807) is 23.4 Å². The molecule has 8 nitrogen and oxygen atoms in total. The fourth-order valence-electron chi connectivity index (χ4n) is 2.55. The van der Waals surface area contributed by atoms with Crippen LogP contribution in [0, 0.1) is 0 Å². The molecule has 2 aliphatic rings. The number of nitrogens with one attached hydrogen (secondary N) is 1. The predicted octanol–water partition coefficient (Wildman–Crippen LogP) is 0.200. The van der Waals surface area contributed by atoms with Gasteiger partial charge in [0.15, 0.2) is 0 Å². The third kappa shape index (κ3) is 3.11. The Kier molecular flexibility index (Phi) is 4.16. The Bertz CT molecular complexity index is 626. The smallest absolute Gasteiger partial charge is 0.356 e. The number of hydrogen-bond donors (Lipinski definition) is 1. The molecule has 122 valence electrons. The van der Waals surface area contributed by atoms with E-state index in [4.69, 9.17) is 14.2 Å². The molecule has 0 saturated carbocycles. The molecule has 0 bridgehead atoms. The van der Waals surface area contributed by atoms with Crippen molar-refractivity contribution in [1.29, 1.82) is 0 Å². The lowest BCUT2D eigenvalue weighted by Gasteiger charge is -2.44. The Balaban J connectivity index is 1.96. The first-order valence-corrected chi connectivity index (χ1v) is 7.33. The van der Waals surface area contributed by atoms with Crippen LogP contribution in [0.3, 0.4) is 0 Å². The minimum Gasteiger partial charge on any atom is -0.492 e. The van der Waals surface area contributed by atoms with Gasteiger partial charge in [-0.2, -0.15) is 0 Å². The van der Waals surface area contributed by atoms with Gasteiger partial charge in [-0.15, -0.1) is 0 Å². The van der Waals surface area contributed by atoms with Crippen LogP contribution in [0.4, 0.5) is 5.69 Å². The number of hydrogen-bond acceptors (Lipinski definition) is 8. The number of esters is 2. The molecule has 0 aliphatic carbocycles. The lowest BCUT2D eigenvalue weighted by atomic mass is 10.2. The van der Waals surface area contributed by atoms with Crippen molar-refractivity contribution < 1.29 is 23.8 Å². The zero-order valence-corrected chi connectivity index (χ0v) is 12.7. The molecule has 1 aromatic heterocycles. The molecule has 1 aromatic rings. The average Bonchev–Trinajstić information content (AvgIpc) is 2.67. The number of pyridine rings is 1. The van der Waals surface area contributed by atoms with Gasteiger partial charge in [-0.25, -0.2) is 9.59 Å². The number of ether oxygens (including phenoxy) is 3. The molecule has 0 atom stereocenters. The van der Waals surface area contributed by atoms with Crippen LogP contribution in [0.25, 0.3) is 0 Å². The van der Waals surface area contributed by atoms with Crippen LogP contribution >= 0.6 is 0 Å². The minimum atomic E-state index is -1.54. The van der Waals surface area contributed by atoms with Gasteiger partial charge in [0, 0.05) is 31.3 Å². The highest BCUT2D eigenvalue weighted by atomic mass is 16.8. The van der Waals surface area contributed by atoms with Crippen LogP contribution in [-0.4, -0.2) is 49.1 Å². The van der Waals surface area contributed by atoms with Crippen molar-refractivity contribution in [2.24, 2.45) is 0 Å². The first-order valence-electron chi connectivity index (χ1n) is 7.33. The second-order valence-electron chi connectivity index (χ2n) is 5.03. The van der Waals surface area contributed by atoms with Crippen LogP contribution in [0.2, 0.25) is 0 Å². The van der Waals surface area contributed by atoms with Crippen molar-refractivity contribution >= 4 is 17.6 Å². The Labute approximate surface area is 133 Å². The van der Waals surface area contributed by atoms with E-state index < -0.39 is 17.8 Å². The fourth-order valence-corrected chi connectivity index (χ4v) is 2.55. The van der Waals surface area contributed by atoms with E-state index in [0.717, 1.165) is 12.2 Å². The molecular formula is C15H17N3O5. The molecule has 23 heavy (non-hydrogen) atoms. The molecule has 1 fully saturated rings. The quantitative estimate of drug-likeness (QED) is 0.790. The monoisotopic (exact) mass is 319 g/mol. The van der Waals surface area contributed by atoms with Gasteiger partial charge in [0.25, 0.3) is 0 Å². The number of anilines is 1. The Morgan fingerprint density at radius 1 is 1.30 bits per heavy atom. The van der Waals surface area contributed by atoms with Gasteiger partial charge in [-0.3, -0.25) is 9.88 Å². The maximum absolute atomic E-state index is 11.8. The lowest BCUT2D eigenvalue weighted by Crippen LogP contribution is -2.65. The fraction of sp³-hybridized carbons (Fsp3) is 0.400. The summed E-state index contributed by atoms with van der Waals surface area (Å²) in [6.45, 7) is 3.65. The summed E-state index contributed by atoms with van der Waals surface area (Å²) in [5.74, 6) is -2.23. The van der Waals surface area contributed by atoms with Crippen molar-refractivity contribution in [2.75, 3.05) is 31.1 Å². The summed E-state index contributed by atoms with van der Waals surface area (Å²) in [6.07, 6.45) is 5.31. The molecule has 2 aliphatic heterocycles. The van der Waals surface area contributed by atoms with E-state index >= 15 is 0 Å². The van der Waals surface area contributed by atoms with Gasteiger partial charge in [-0.1, -0.05) is 0 Å². The third-order valence-corrected chi connectivity index (χ3v) is 3.47. The molecule has 8 heteroatoms. The first kappa shape index (κ1) is 15.3. The van der Waals surface area contributed by atoms with Crippen LogP contribution in [0.5, 0.6) is 5.75 Å². The number of carbonyl (C=O) groups excluding carboxylic acids is 2. The number of nitrogens with zero attached hydrogens (tertiary/aromatic N) is 2. The SMILES string of the molecule is CCOc1cncc(N2CCNCC23OC(=O)C=CC(=O)O3)c1. The molecular weight excluding hydrogens is 302 g/mol. The van der Waals surface area contributed by atoms with Gasteiger partial charge in [-0.05, 0) is 6.92 Å². The molecule has 1 N–H and O–H groups in total. The molecule has 3 rings (SSSR count). The predicted molar refractivity (Wildman–Crippen MR) is 79.7 cm³/mol. The Morgan fingerprint density at radius 2 is 2.04 bits per heavy atom. The summed E-state index contributed by atoms with van der Waals surface area (Å²) in [5, 5.41) is 3.08. The average molecular weight is 319 g/mol. The Morgan fingerprint density at radius 3 is 2.74 bits per heavy atom. The molecule has 1 saturated heterocycles. The van der Waals surface area contributed by atoms with Crippen molar-refractivity contribution in [3.05, 3.63) is 30.6 Å². The third-order valence-electron chi connectivity index (χ3n) is 3.47. The molecule has 3 heterocycles. The maximum Gasteiger partial charge on any atom is 0.356 e. The first-order chi connectivity index (χ1) is 11.1. The zero-order valence-electron chi connectivity index (χ0n) is 12.7. The normalized spacial score (nSPS) is 20.0. The topological polar surface area (TPSA) is 90.0 Å². The highest BCUT2D eigenvalue weighted by Crippen LogP contribution is 2.31. The number of aromatic nitrogens is 1. The zero-order chi connectivity index (χ0) is 16.3. The summed E-state index contributed by atoms with van der Waals surface area (Å²) in [5.41, 5.74) is 0.639. The number of piperazine rings is 1. The van der Waals surface area contributed by atoms with E-state index in [-0.39, 0.29) is 6.54 Å². The molecule has 0 amide bonds. The van der Waals surface area contributed by atoms with E-state index in [1.165, 1.54) is 0 Å². The molecule has 0 aromatic carbocycles.